The summed E-state index contributed by atoms with van der Waals surface area (Å²) in [6.45, 7) is 2.98. The van der Waals surface area contributed by atoms with E-state index in [1.807, 2.05) is 4.72 Å². The first-order valence-corrected chi connectivity index (χ1v) is 12.1. The van der Waals surface area contributed by atoms with Crippen molar-refractivity contribution in [1.29, 1.82) is 0 Å². The molecule has 0 saturated carbocycles. The largest absolute Gasteiger partial charge is 0.481 e. The van der Waals surface area contributed by atoms with Gasteiger partial charge in [0, 0.05) is 18.9 Å². The maximum atomic E-state index is 13.1. The number of methoxy groups -OCH3 is 2. The first-order chi connectivity index (χ1) is 14.5. The Hall–Kier alpha value is -2.77. The Kier molecular flexibility index (Phi) is 6.21. The molecule has 2 heterocycles. The van der Waals surface area contributed by atoms with Crippen LogP contribution in [0.2, 0.25) is 0 Å². The van der Waals surface area contributed by atoms with Crippen molar-refractivity contribution in [1.82, 2.24) is 14.7 Å². The predicted molar refractivity (Wildman–Crippen MR) is 110 cm³/mol. The highest BCUT2D eigenvalue weighted by molar-refractivity contribution is 7.94. The van der Waals surface area contributed by atoms with Crippen molar-refractivity contribution in [3.8, 4) is 5.88 Å². The molecule has 31 heavy (non-hydrogen) atoms. The van der Waals surface area contributed by atoms with Gasteiger partial charge in [-0.3, -0.25) is 5.32 Å². The monoisotopic (exact) mass is 470 g/mol. The Labute approximate surface area is 180 Å². The number of benzene rings is 1. The van der Waals surface area contributed by atoms with E-state index in [4.69, 9.17) is 9.47 Å². The number of aromatic nitrogens is 2. The molecular weight excluding hydrogens is 448 g/mol. The van der Waals surface area contributed by atoms with Crippen LogP contribution in [0.3, 0.4) is 0 Å². The van der Waals surface area contributed by atoms with E-state index >= 15 is 0 Å². The topological polar surface area (TPSA) is 154 Å². The van der Waals surface area contributed by atoms with E-state index in [9.17, 15) is 21.6 Å². The summed E-state index contributed by atoms with van der Waals surface area (Å²) < 4.78 is 63.7. The molecule has 168 valence electrons. The molecule has 1 unspecified atom stereocenters. The number of carbonyl (C=O) groups excluding carboxylic acids is 1. The number of nitrogens with zero attached hydrogens (tertiary/aromatic N) is 2. The molecule has 11 nitrogen and oxygen atoms in total. The van der Waals surface area contributed by atoms with E-state index in [1.54, 1.807) is 13.0 Å². The van der Waals surface area contributed by atoms with Gasteiger partial charge in [0.15, 0.2) is 9.84 Å². The molecular formula is C18H22N4O7S2. The zero-order valence-electron chi connectivity index (χ0n) is 17.3. The third-order valence-corrected chi connectivity index (χ3v) is 8.51. The van der Waals surface area contributed by atoms with Gasteiger partial charge in [0.2, 0.25) is 11.8 Å². The molecule has 13 heteroatoms. The number of aryl methyl sites for hydroxylation is 1. The fraction of sp³-hybridized carbons (Fsp3) is 0.389. The van der Waals surface area contributed by atoms with Crippen LogP contribution in [0, 0.1) is 6.92 Å². The van der Waals surface area contributed by atoms with Crippen LogP contribution in [0.25, 0.3) is 0 Å². The molecule has 1 aromatic carbocycles. The Morgan fingerprint density at radius 3 is 2.61 bits per heavy atom. The number of nitrogens with one attached hydrogen (secondary N) is 2. The molecule has 2 N–H and O–H groups in total. The second-order valence-electron chi connectivity index (χ2n) is 6.97. The highest BCUT2D eigenvalue weighted by atomic mass is 32.2. The highest BCUT2D eigenvalue weighted by Crippen LogP contribution is 2.38. The van der Waals surface area contributed by atoms with Gasteiger partial charge in [0.05, 0.1) is 23.9 Å². The second-order valence-corrected chi connectivity index (χ2v) is 10.9. The van der Waals surface area contributed by atoms with Crippen molar-refractivity contribution < 1.29 is 31.1 Å². The lowest BCUT2D eigenvalue weighted by molar-refractivity contribution is 0.182. The minimum absolute atomic E-state index is 0.118. The van der Waals surface area contributed by atoms with Crippen LogP contribution < -0.4 is 14.8 Å². The number of rotatable bonds is 6. The van der Waals surface area contributed by atoms with Crippen LogP contribution in [0.4, 0.5) is 10.7 Å². The number of urea groups is 1. The molecule has 1 aromatic heterocycles. The number of hydrogen-bond donors (Lipinski definition) is 2. The van der Waals surface area contributed by atoms with E-state index in [1.165, 1.54) is 33.3 Å². The van der Waals surface area contributed by atoms with Crippen molar-refractivity contribution >= 4 is 31.8 Å². The van der Waals surface area contributed by atoms with Crippen LogP contribution in [-0.4, -0.2) is 52.3 Å². The summed E-state index contributed by atoms with van der Waals surface area (Å²) >= 11 is 0. The van der Waals surface area contributed by atoms with E-state index < -0.39 is 36.0 Å². The fourth-order valence-electron chi connectivity index (χ4n) is 3.30. The van der Waals surface area contributed by atoms with E-state index in [2.05, 4.69) is 15.3 Å². The van der Waals surface area contributed by atoms with Crippen LogP contribution in [0.1, 0.15) is 23.7 Å². The van der Waals surface area contributed by atoms with Gasteiger partial charge in [-0.25, -0.2) is 31.3 Å². The van der Waals surface area contributed by atoms with Crippen LogP contribution >= 0.6 is 0 Å². The van der Waals surface area contributed by atoms with Gasteiger partial charge in [-0.05, 0) is 31.4 Å². The number of ether oxygens (including phenoxy) is 2. The number of anilines is 1. The normalized spacial score (nSPS) is 17.1. The average molecular weight is 471 g/mol. The van der Waals surface area contributed by atoms with Gasteiger partial charge in [0.1, 0.15) is 4.90 Å². The first kappa shape index (κ1) is 22.9. The second kappa shape index (κ2) is 8.40. The lowest BCUT2D eigenvalue weighted by Crippen LogP contribution is -2.36. The third kappa shape index (κ3) is 4.48. The van der Waals surface area contributed by atoms with Crippen LogP contribution in [-0.2, 0) is 37.6 Å². The van der Waals surface area contributed by atoms with Gasteiger partial charge in [0.25, 0.3) is 10.0 Å². The summed E-state index contributed by atoms with van der Waals surface area (Å²) in [5.74, 6) is -0.00445. The first-order valence-electron chi connectivity index (χ1n) is 9.10. The van der Waals surface area contributed by atoms with Gasteiger partial charge in [-0.2, -0.15) is 4.98 Å². The van der Waals surface area contributed by atoms with Crippen molar-refractivity contribution in [3.63, 3.8) is 0 Å². The lowest BCUT2D eigenvalue weighted by atomic mass is 10.1. The molecule has 3 rings (SSSR count). The Bertz CT molecular complexity index is 1240. The minimum atomic E-state index is -4.59. The lowest BCUT2D eigenvalue weighted by Gasteiger charge is -2.15. The fourth-order valence-corrected chi connectivity index (χ4v) is 6.93. The van der Waals surface area contributed by atoms with E-state index in [0.717, 1.165) is 0 Å². The van der Waals surface area contributed by atoms with Crippen LogP contribution in [0.15, 0.2) is 28.0 Å². The van der Waals surface area contributed by atoms with Crippen LogP contribution in [0.5, 0.6) is 5.88 Å². The molecule has 2 aromatic rings. The molecule has 2 amide bonds. The SMILES string of the molecule is COCc1ccc2c(c1S(=O)(=O)NC(=O)Nc1nc(C)cc(OC)n1)S(=O)(=O)C(C)C2. The van der Waals surface area contributed by atoms with E-state index in [0.29, 0.717) is 11.3 Å². The molecule has 0 saturated heterocycles. The van der Waals surface area contributed by atoms with Crippen molar-refractivity contribution in [2.75, 3.05) is 19.5 Å². The number of sulfonamides is 1. The molecule has 0 spiro atoms. The third-order valence-electron chi connectivity index (χ3n) is 4.66. The zero-order chi connectivity index (χ0) is 23.0. The Morgan fingerprint density at radius 2 is 1.97 bits per heavy atom. The highest BCUT2D eigenvalue weighted by Gasteiger charge is 2.41. The molecule has 1 atom stereocenters. The number of carbonyl (C=O) groups is 1. The summed E-state index contributed by atoms with van der Waals surface area (Å²) in [6, 6.07) is 3.42. The Morgan fingerprint density at radius 1 is 1.26 bits per heavy atom. The van der Waals surface area contributed by atoms with Crippen molar-refractivity contribution in [2.45, 2.75) is 41.9 Å². The van der Waals surface area contributed by atoms with Crippen molar-refractivity contribution in [2.24, 2.45) is 0 Å². The van der Waals surface area contributed by atoms with Crippen molar-refractivity contribution in [3.05, 3.63) is 35.0 Å². The standard InChI is InChI=1S/C18H22N4O7S2/c1-10-7-14(29-4)20-17(19-10)21-18(23)22-31(26,27)16-13(9-28-3)6-5-12-8-11(2)30(24,25)15(12)16/h5-7,11H,8-9H2,1-4H3,(H2,19,20,21,22,23). The predicted octanol–water partition coefficient (Wildman–Crippen LogP) is 1.17. The quantitative estimate of drug-likeness (QED) is 0.633. The smallest absolute Gasteiger partial charge is 0.335 e. The molecule has 1 aliphatic rings. The van der Waals surface area contributed by atoms with Gasteiger partial charge < -0.3 is 9.47 Å². The maximum Gasteiger partial charge on any atom is 0.335 e. The summed E-state index contributed by atoms with van der Waals surface area (Å²) in [5, 5.41) is 1.44. The number of hydrogen-bond acceptors (Lipinski definition) is 9. The summed E-state index contributed by atoms with van der Waals surface area (Å²) in [6.07, 6.45) is 0.177. The number of fused-ring (bicyclic) bond motifs is 1. The molecule has 0 bridgehead atoms. The summed E-state index contributed by atoms with van der Waals surface area (Å²) in [4.78, 5) is 19.5. The molecule has 0 radical (unpaired) electrons. The summed E-state index contributed by atoms with van der Waals surface area (Å²) in [5.41, 5.74) is 0.973. The van der Waals surface area contributed by atoms with Gasteiger partial charge in [-0.15, -0.1) is 0 Å². The van der Waals surface area contributed by atoms with Gasteiger partial charge >= 0.3 is 6.03 Å². The van der Waals surface area contributed by atoms with Gasteiger partial charge in [-0.1, -0.05) is 12.1 Å². The summed E-state index contributed by atoms with van der Waals surface area (Å²) in [7, 11) is -5.75. The zero-order valence-corrected chi connectivity index (χ0v) is 18.9. The molecule has 1 aliphatic heterocycles. The minimum Gasteiger partial charge on any atom is -0.481 e. The average Bonchev–Trinajstić information content (AvgIpc) is 2.89. The number of amides is 2. The molecule has 0 aliphatic carbocycles. The van der Waals surface area contributed by atoms with E-state index in [-0.39, 0.29) is 35.3 Å². The number of sulfone groups is 1. The molecule has 0 fully saturated rings. The maximum absolute atomic E-state index is 13.1. The Balaban J connectivity index is 2.00.